The Kier molecular flexibility index (Phi) is 4.25. The molecule has 1 aliphatic rings. The molecule has 0 unspecified atom stereocenters. The molecule has 6 heteroatoms. The molecule has 0 spiro atoms. The van der Waals surface area contributed by atoms with Crippen molar-refractivity contribution in [2.45, 2.75) is 31.9 Å². The minimum atomic E-state index is -0.313. The molecular weight excluding hydrogens is 268 g/mol. The maximum absolute atomic E-state index is 12.1. The van der Waals surface area contributed by atoms with E-state index >= 15 is 0 Å². The maximum atomic E-state index is 12.1. The molecule has 2 aromatic rings. The van der Waals surface area contributed by atoms with Gasteiger partial charge >= 0.3 is 0 Å². The van der Waals surface area contributed by atoms with Crippen LogP contribution in [0.3, 0.4) is 0 Å². The van der Waals surface area contributed by atoms with E-state index in [1.807, 2.05) is 22.9 Å². The Balaban J connectivity index is 1.66. The summed E-state index contributed by atoms with van der Waals surface area (Å²) in [6.07, 6.45) is 9.52. The van der Waals surface area contributed by atoms with Gasteiger partial charge in [0.1, 0.15) is 18.2 Å². The highest BCUT2D eigenvalue weighted by Crippen LogP contribution is 2.14. The van der Waals surface area contributed by atoms with Crippen LogP contribution in [0.25, 0.3) is 5.82 Å². The number of pyridine rings is 1. The smallest absolute Gasteiger partial charge is 0.249 e. The third-order valence-corrected chi connectivity index (χ3v) is 3.54. The van der Waals surface area contributed by atoms with Gasteiger partial charge in [-0.2, -0.15) is 0 Å². The van der Waals surface area contributed by atoms with E-state index in [0.717, 1.165) is 30.6 Å². The number of carbonyl (C=O) groups excluding carboxylic acids is 1. The van der Waals surface area contributed by atoms with Crippen molar-refractivity contribution in [1.29, 1.82) is 0 Å². The van der Waals surface area contributed by atoms with Crippen molar-refractivity contribution in [3.63, 3.8) is 0 Å². The van der Waals surface area contributed by atoms with E-state index < -0.39 is 0 Å². The molecule has 0 saturated carbocycles. The van der Waals surface area contributed by atoms with Crippen LogP contribution in [-0.2, 0) is 16.1 Å². The van der Waals surface area contributed by atoms with Crippen molar-refractivity contribution in [1.82, 2.24) is 19.9 Å². The van der Waals surface area contributed by atoms with Crippen LogP contribution in [0.5, 0.6) is 0 Å². The van der Waals surface area contributed by atoms with E-state index in [-0.39, 0.29) is 12.0 Å². The number of nitrogens with one attached hydrogen (secondary N) is 1. The van der Waals surface area contributed by atoms with E-state index in [0.29, 0.717) is 13.2 Å². The lowest BCUT2D eigenvalue weighted by Gasteiger charge is -2.21. The molecular formula is C15H18N4O2. The Hall–Kier alpha value is -2.21. The molecule has 1 aliphatic heterocycles. The highest BCUT2D eigenvalue weighted by molar-refractivity contribution is 5.80. The predicted octanol–water partition coefficient (Wildman–Crippen LogP) is 1.45. The lowest BCUT2D eigenvalue weighted by atomic mass is 10.1. The Labute approximate surface area is 123 Å². The van der Waals surface area contributed by atoms with Crippen LogP contribution in [0, 0.1) is 0 Å². The largest absolute Gasteiger partial charge is 0.368 e. The van der Waals surface area contributed by atoms with Gasteiger partial charge in [0.15, 0.2) is 0 Å². The zero-order chi connectivity index (χ0) is 14.5. The van der Waals surface area contributed by atoms with Crippen LogP contribution in [0.4, 0.5) is 0 Å². The molecule has 0 bridgehead atoms. The lowest BCUT2D eigenvalue weighted by molar-refractivity contribution is -0.135. The van der Waals surface area contributed by atoms with Crippen molar-refractivity contribution in [3.05, 3.63) is 42.6 Å². The summed E-state index contributed by atoms with van der Waals surface area (Å²) in [6, 6.07) is 3.81. The fraction of sp³-hybridized carbons (Fsp3) is 0.400. The van der Waals surface area contributed by atoms with E-state index in [2.05, 4.69) is 15.3 Å². The summed E-state index contributed by atoms with van der Waals surface area (Å²) in [7, 11) is 0. The van der Waals surface area contributed by atoms with Crippen molar-refractivity contribution in [2.75, 3.05) is 6.61 Å². The highest BCUT2D eigenvalue weighted by atomic mass is 16.5. The molecule has 2 aromatic heterocycles. The molecule has 1 atom stereocenters. The third-order valence-electron chi connectivity index (χ3n) is 3.54. The molecule has 1 N–H and O–H groups in total. The number of amides is 1. The van der Waals surface area contributed by atoms with Gasteiger partial charge in [0.25, 0.3) is 0 Å². The normalized spacial score (nSPS) is 18.4. The lowest BCUT2D eigenvalue weighted by Crippen LogP contribution is -2.38. The van der Waals surface area contributed by atoms with E-state index in [1.165, 1.54) is 0 Å². The number of imidazole rings is 1. The van der Waals surface area contributed by atoms with Gasteiger partial charge in [-0.1, -0.05) is 6.07 Å². The fourth-order valence-corrected chi connectivity index (χ4v) is 2.43. The molecule has 1 fully saturated rings. The van der Waals surface area contributed by atoms with Gasteiger partial charge in [-0.15, -0.1) is 0 Å². The number of carbonyl (C=O) groups is 1. The van der Waals surface area contributed by atoms with Crippen LogP contribution in [-0.4, -0.2) is 33.2 Å². The summed E-state index contributed by atoms with van der Waals surface area (Å²) in [5.41, 5.74) is 0.944. The Morgan fingerprint density at radius 1 is 1.43 bits per heavy atom. The molecule has 0 radical (unpaired) electrons. The summed E-state index contributed by atoms with van der Waals surface area (Å²) in [5, 5.41) is 2.93. The van der Waals surface area contributed by atoms with Crippen LogP contribution in [0.1, 0.15) is 24.8 Å². The summed E-state index contributed by atoms with van der Waals surface area (Å²) >= 11 is 0. The second-order valence-corrected chi connectivity index (χ2v) is 5.03. The minimum Gasteiger partial charge on any atom is -0.368 e. The van der Waals surface area contributed by atoms with E-state index in [4.69, 9.17) is 4.74 Å². The predicted molar refractivity (Wildman–Crippen MR) is 76.8 cm³/mol. The first-order valence-electron chi connectivity index (χ1n) is 7.16. The van der Waals surface area contributed by atoms with Gasteiger partial charge in [0.2, 0.25) is 5.91 Å². The first kappa shape index (κ1) is 13.8. The van der Waals surface area contributed by atoms with Gasteiger partial charge in [-0.3, -0.25) is 9.36 Å². The number of nitrogens with zero attached hydrogens (tertiary/aromatic N) is 3. The van der Waals surface area contributed by atoms with Gasteiger partial charge < -0.3 is 10.1 Å². The van der Waals surface area contributed by atoms with Crippen molar-refractivity contribution in [2.24, 2.45) is 0 Å². The molecule has 3 heterocycles. The van der Waals surface area contributed by atoms with E-state index in [1.54, 1.807) is 18.7 Å². The highest BCUT2D eigenvalue weighted by Gasteiger charge is 2.21. The number of rotatable bonds is 4. The molecule has 6 nitrogen and oxygen atoms in total. The molecule has 0 aliphatic carbocycles. The number of hydrogen-bond acceptors (Lipinski definition) is 4. The molecule has 21 heavy (non-hydrogen) atoms. The average Bonchev–Trinajstić information content (AvgIpc) is 3.08. The maximum Gasteiger partial charge on any atom is 0.249 e. The third kappa shape index (κ3) is 3.28. The molecule has 0 aromatic carbocycles. The number of hydrogen-bond donors (Lipinski definition) is 1. The van der Waals surface area contributed by atoms with Crippen LogP contribution < -0.4 is 5.32 Å². The van der Waals surface area contributed by atoms with Gasteiger partial charge in [0.05, 0.1) is 0 Å². The number of aromatic nitrogens is 3. The molecule has 1 amide bonds. The second-order valence-electron chi connectivity index (χ2n) is 5.03. The average molecular weight is 286 g/mol. The zero-order valence-electron chi connectivity index (χ0n) is 11.7. The van der Waals surface area contributed by atoms with E-state index in [9.17, 15) is 4.79 Å². The van der Waals surface area contributed by atoms with Crippen molar-refractivity contribution < 1.29 is 9.53 Å². The Morgan fingerprint density at radius 2 is 2.38 bits per heavy atom. The standard InChI is InChI=1S/C15H18N4O2/c20-15(13-5-1-2-9-21-13)18-10-12-4-3-6-17-14(12)19-8-7-16-11-19/h3-4,6-8,11,13H,1-2,5,9-10H2,(H,18,20)/t13-/m0/s1. The molecule has 110 valence electrons. The molecule has 3 rings (SSSR count). The monoisotopic (exact) mass is 286 g/mol. The summed E-state index contributed by atoms with van der Waals surface area (Å²) in [5.74, 6) is 0.731. The first-order valence-corrected chi connectivity index (χ1v) is 7.16. The summed E-state index contributed by atoms with van der Waals surface area (Å²) < 4.78 is 7.32. The topological polar surface area (TPSA) is 69.0 Å². The van der Waals surface area contributed by atoms with Gasteiger partial charge in [-0.25, -0.2) is 9.97 Å². The van der Waals surface area contributed by atoms with Crippen molar-refractivity contribution in [3.8, 4) is 5.82 Å². The summed E-state index contributed by atoms with van der Waals surface area (Å²) in [4.78, 5) is 20.5. The minimum absolute atomic E-state index is 0.0462. The molecule has 1 saturated heterocycles. The SMILES string of the molecule is O=C(NCc1cccnc1-n1ccnc1)[C@@H]1CCCCO1. The number of ether oxygens (including phenoxy) is 1. The zero-order valence-corrected chi connectivity index (χ0v) is 11.7. The second kappa shape index (κ2) is 6.49. The Morgan fingerprint density at radius 3 is 3.14 bits per heavy atom. The van der Waals surface area contributed by atoms with Crippen LogP contribution >= 0.6 is 0 Å². The fourth-order valence-electron chi connectivity index (χ4n) is 2.43. The Bertz CT molecular complexity index is 591. The van der Waals surface area contributed by atoms with Crippen molar-refractivity contribution >= 4 is 5.91 Å². The van der Waals surface area contributed by atoms with Gasteiger partial charge in [-0.05, 0) is 25.3 Å². The van der Waals surface area contributed by atoms with Crippen LogP contribution in [0.2, 0.25) is 0 Å². The first-order chi connectivity index (χ1) is 10.3. The summed E-state index contributed by atoms with van der Waals surface area (Å²) in [6.45, 7) is 1.10. The quantitative estimate of drug-likeness (QED) is 0.923. The van der Waals surface area contributed by atoms with Gasteiger partial charge in [0, 0.05) is 37.3 Å². The van der Waals surface area contributed by atoms with Crippen LogP contribution in [0.15, 0.2) is 37.1 Å².